The van der Waals surface area contributed by atoms with Gasteiger partial charge in [-0.2, -0.15) is 0 Å². The zero-order valence-electron chi connectivity index (χ0n) is 19.7. The number of amides is 1. The average Bonchev–Trinajstić information content (AvgIpc) is 2.91. The number of rotatable bonds is 6. The summed E-state index contributed by atoms with van der Waals surface area (Å²) in [6.07, 6.45) is 2.39. The molecule has 176 valence electrons. The van der Waals surface area contributed by atoms with Gasteiger partial charge in [0.25, 0.3) is 5.91 Å². The van der Waals surface area contributed by atoms with E-state index in [1.165, 1.54) is 12.8 Å². The Balaban J connectivity index is 1.18. The quantitative estimate of drug-likeness (QED) is 0.356. The lowest BCUT2D eigenvalue weighted by atomic mass is 9.99. The molecule has 0 aliphatic carbocycles. The van der Waals surface area contributed by atoms with Gasteiger partial charge in [-0.25, -0.2) is 0 Å². The van der Waals surface area contributed by atoms with Gasteiger partial charge >= 0.3 is 0 Å². The molecule has 0 spiro atoms. The van der Waals surface area contributed by atoms with Crippen LogP contribution in [0.15, 0.2) is 91.0 Å². The second kappa shape index (κ2) is 10.4. The molecule has 6 nitrogen and oxygen atoms in total. The van der Waals surface area contributed by atoms with Crippen LogP contribution in [-0.4, -0.2) is 29.2 Å². The van der Waals surface area contributed by atoms with Crippen LogP contribution in [0.4, 0.5) is 11.5 Å². The first-order valence-corrected chi connectivity index (χ1v) is 12.0. The third-order valence-corrected chi connectivity index (χ3v) is 6.29. The van der Waals surface area contributed by atoms with E-state index >= 15 is 0 Å². The van der Waals surface area contributed by atoms with Crippen molar-refractivity contribution in [3.05, 3.63) is 96.6 Å². The summed E-state index contributed by atoms with van der Waals surface area (Å²) in [5.41, 5.74) is 3.04. The molecule has 0 radical (unpaired) electrons. The molecule has 0 atom stereocenters. The highest BCUT2D eigenvalue weighted by atomic mass is 16.5. The van der Waals surface area contributed by atoms with Crippen molar-refractivity contribution in [3.8, 4) is 22.8 Å². The minimum absolute atomic E-state index is 0.177. The highest BCUT2D eigenvalue weighted by molar-refractivity contribution is 6.04. The lowest BCUT2D eigenvalue weighted by molar-refractivity contribution is 0.102. The number of hydrogen-bond acceptors (Lipinski definition) is 5. The van der Waals surface area contributed by atoms with Gasteiger partial charge in [0.2, 0.25) is 0 Å². The Morgan fingerprint density at radius 1 is 0.829 bits per heavy atom. The fourth-order valence-electron chi connectivity index (χ4n) is 4.11. The fourth-order valence-corrected chi connectivity index (χ4v) is 4.11. The van der Waals surface area contributed by atoms with Gasteiger partial charge in [-0.05, 0) is 79.4 Å². The number of carbonyl (C=O) groups is 1. The Kier molecular flexibility index (Phi) is 6.70. The van der Waals surface area contributed by atoms with E-state index in [9.17, 15) is 4.79 Å². The van der Waals surface area contributed by atoms with Crippen LogP contribution in [0.5, 0.6) is 11.5 Å². The number of para-hydroxylation sites is 1. The number of benzene rings is 3. The second-order valence-corrected chi connectivity index (χ2v) is 8.92. The SMILES string of the molecule is CC1CCN(c2ccc(-c3ccc(NC(=O)c4ccc(Oc5ccccc5)cc4)cc3)nn2)CC1. The van der Waals surface area contributed by atoms with E-state index in [2.05, 4.69) is 27.3 Å². The van der Waals surface area contributed by atoms with Gasteiger partial charge in [0, 0.05) is 29.9 Å². The number of nitrogens with one attached hydrogen (secondary N) is 1. The summed E-state index contributed by atoms with van der Waals surface area (Å²) in [4.78, 5) is 15.0. The molecule has 1 N–H and O–H groups in total. The Bertz CT molecular complexity index is 1250. The van der Waals surface area contributed by atoms with Crippen molar-refractivity contribution in [1.29, 1.82) is 0 Å². The summed E-state index contributed by atoms with van der Waals surface area (Å²) in [6, 6.07) is 28.3. The number of ether oxygens (including phenoxy) is 1. The molecule has 3 aromatic carbocycles. The summed E-state index contributed by atoms with van der Waals surface area (Å²) in [6.45, 7) is 4.37. The van der Waals surface area contributed by atoms with Gasteiger partial charge in [0.15, 0.2) is 5.82 Å². The summed E-state index contributed by atoms with van der Waals surface area (Å²) in [7, 11) is 0. The maximum atomic E-state index is 12.7. The predicted octanol–water partition coefficient (Wildman–Crippen LogP) is 6.42. The van der Waals surface area contributed by atoms with Gasteiger partial charge in [-0.15, -0.1) is 10.2 Å². The largest absolute Gasteiger partial charge is 0.457 e. The summed E-state index contributed by atoms with van der Waals surface area (Å²) >= 11 is 0. The first-order valence-electron chi connectivity index (χ1n) is 12.0. The van der Waals surface area contributed by atoms with Crippen molar-refractivity contribution >= 4 is 17.4 Å². The van der Waals surface area contributed by atoms with E-state index in [4.69, 9.17) is 4.74 Å². The molecule has 5 rings (SSSR count). The molecule has 1 aromatic heterocycles. The Morgan fingerprint density at radius 3 is 2.17 bits per heavy atom. The predicted molar refractivity (Wildman–Crippen MR) is 139 cm³/mol. The van der Waals surface area contributed by atoms with E-state index in [-0.39, 0.29) is 5.91 Å². The van der Waals surface area contributed by atoms with Crippen LogP contribution >= 0.6 is 0 Å². The first kappa shape index (κ1) is 22.6. The maximum Gasteiger partial charge on any atom is 0.255 e. The number of aromatic nitrogens is 2. The van der Waals surface area contributed by atoms with E-state index < -0.39 is 0 Å². The number of carbonyl (C=O) groups excluding carboxylic acids is 1. The lowest BCUT2D eigenvalue weighted by Crippen LogP contribution is -2.33. The number of piperidine rings is 1. The molecule has 4 aromatic rings. The van der Waals surface area contributed by atoms with Crippen LogP contribution < -0.4 is 15.0 Å². The molecular weight excluding hydrogens is 436 g/mol. The van der Waals surface area contributed by atoms with E-state index in [1.807, 2.05) is 66.7 Å². The molecule has 0 bridgehead atoms. The molecule has 1 saturated heterocycles. The molecule has 35 heavy (non-hydrogen) atoms. The van der Waals surface area contributed by atoms with Crippen molar-refractivity contribution < 1.29 is 9.53 Å². The van der Waals surface area contributed by atoms with E-state index in [0.717, 1.165) is 47.5 Å². The van der Waals surface area contributed by atoms with Crippen LogP contribution in [0.25, 0.3) is 11.3 Å². The number of hydrogen-bond donors (Lipinski definition) is 1. The van der Waals surface area contributed by atoms with Crippen molar-refractivity contribution in [3.63, 3.8) is 0 Å². The van der Waals surface area contributed by atoms with E-state index in [0.29, 0.717) is 11.3 Å². The maximum absolute atomic E-state index is 12.7. The molecule has 1 fully saturated rings. The Hall–Kier alpha value is -4.19. The Labute approximate surface area is 205 Å². The van der Waals surface area contributed by atoms with Crippen molar-refractivity contribution in [2.75, 3.05) is 23.3 Å². The molecule has 1 aliphatic rings. The molecule has 0 unspecified atom stereocenters. The number of anilines is 2. The highest BCUT2D eigenvalue weighted by Gasteiger charge is 2.17. The van der Waals surface area contributed by atoms with Crippen molar-refractivity contribution in [2.24, 2.45) is 5.92 Å². The van der Waals surface area contributed by atoms with Gasteiger partial charge in [-0.3, -0.25) is 4.79 Å². The highest BCUT2D eigenvalue weighted by Crippen LogP contribution is 2.25. The third kappa shape index (κ3) is 5.66. The smallest absolute Gasteiger partial charge is 0.255 e. The van der Waals surface area contributed by atoms with Crippen molar-refractivity contribution in [1.82, 2.24) is 10.2 Å². The van der Waals surface area contributed by atoms with Crippen molar-refractivity contribution in [2.45, 2.75) is 19.8 Å². The number of nitrogens with zero attached hydrogens (tertiary/aromatic N) is 3. The normalized spacial score (nSPS) is 13.9. The summed E-state index contributed by atoms with van der Waals surface area (Å²) in [5.74, 6) is 2.98. The summed E-state index contributed by atoms with van der Waals surface area (Å²) < 4.78 is 5.79. The Morgan fingerprint density at radius 2 is 1.51 bits per heavy atom. The zero-order valence-corrected chi connectivity index (χ0v) is 19.7. The van der Waals surface area contributed by atoms with Crippen LogP contribution in [-0.2, 0) is 0 Å². The summed E-state index contributed by atoms with van der Waals surface area (Å²) in [5, 5.41) is 11.8. The monoisotopic (exact) mass is 464 g/mol. The molecule has 1 amide bonds. The van der Waals surface area contributed by atoms with Gasteiger partial charge in [0.1, 0.15) is 11.5 Å². The fraction of sp³-hybridized carbons (Fsp3) is 0.207. The molecular formula is C29H28N4O2. The molecule has 1 aliphatic heterocycles. The van der Waals surface area contributed by atoms with Crippen LogP contribution in [0.2, 0.25) is 0 Å². The topological polar surface area (TPSA) is 67.4 Å². The molecule has 6 heteroatoms. The van der Waals surface area contributed by atoms with E-state index in [1.54, 1.807) is 24.3 Å². The molecule has 0 saturated carbocycles. The van der Waals surface area contributed by atoms with Crippen LogP contribution in [0, 0.1) is 5.92 Å². The first-order chi connectivity index (χ1) is 17.1. The van der Waals surface area contributed by atoms with Crippen LogP contribution in [0.1, 0.15) is 30.1 Å². The van der Waals surface area contributed by atoms with Gasteiger partial charge in [0.05, 0.1) is 5.69 Å². The lowest BCUT2D eigenvalue weighted by Gasteiger charge is -2.30. The minimum Gasteiger partial charge on any atom is -0.457 e. The standard InChI is InChI=1S/C29H28N4O2/c1-21-17-19-33(20-18-21)28-16-15-27(31-32-28)22-7-11-24(12-8-22)30-29(34)23-9-13-26(14-10-23)35-25-5-3-2-4-6-25/h2-16,21H,17-20H2,1H3,(H,30,34). The third-order valence-electron chi connectivity index (χ3n) is 6.29. The van der Waals surface area contributed by atoms with Crippen LogP contribution in [0.3, 0.4) is 0 Å². The van der Waals surface area contributed by atoms with Gasteiger partial charge in [-0.1, -0.05) is 37.3 Å². The second-order valence-electron chi connectivity index (χ2n) is 8.92. The molecule has 2 heterocycles. The minimum atomic E-state index is -0.177. The zero-order chi connectivity index (χ0) is 24.0. The average molecular weight is 465 g/mol. The van der Waals surface area contributed by atoms with Gasteiger partial charge < -0.3 is 15.0 Å².